The molecule has 4 rings (SSSR count). The van der Waals surface area contributed by atoms with Crippen LogP contribution in [0.25, 0.3) is 0 Å². The second-order valence-electron chi connectivity index (χ2n) is 9.09. The number of rotatable bonds is 4. The van der Waals surface area contributed by atoms with Crippen molar-refractivity contribution in [3.8, 4) is 0 Å². The molecule has 0 aliphatic carbocycles. The molecule has 0 unspecified atom stereocenters. The van der Waals surface area contributed by atoms with E-state index in [9.17, 15) is 18.8 Å². The highest BCUT2D eigenvalue weighted by Gasteiger charge is 2.59. The summed E-state index contributed by atoms with van der Waals surface area (Å²) in [6.07, 6.45) is 1.97. The van der Waals surface area contributed by atoms with Crippen molar-refractivity contribution in [2.24, 2.45) is 0 Å². The molecule has 2 aromatic carbocycles. The molecule has 8 nitrogen and oxygen atoms in total. The lowest BCUT2D eigenvalue weighted by atomic mass is 9.74. The van der Waals surface area contributed by atoms with E-state index in [-0.39, 0.29) is 5.56 Å². The van der Waals surface area contributed by atoms with Crippen LogP contribution in [0.3, 0.4) is 0 Å². The number of alkyl carbamates (subject to hydrolysis) is 1. The van der Waals surface area contributed by atoms with Crippen molar-refractivity contribution in [1.82, 2.24) is 15.1 Å². The molecule has 176 valence electrons. The van der Waals surface area contributed by atoms with Gasteiger partial charge in [0.25, 0.3) is 11.8 Å². The van der Waals surface area contributed by atoms with Crippen molar-refractivity contribution >= 4 is 23.6 Å². The first-order valence-corrected chi connectivity index (χ1v) is 10.7. The summed E-state index contributed by atoms with van der Waals surface area (Å²) in [5, 5.41) is 6.72. The predicted molar refractivity (Wildman–Crippen MR) is 123 cm³/mol. The van der Waals surface area contributed by atoms with Gasteiger partial charge in [-0.25, -0.2) is 13.9 Å². The topological polar surface area (TPSA) is 93.5 Å². The van der Waals surface area contributed by atoms with Gasteiger partial charge in [0, 0.05) is 30.7 Å². The van der Waals surface area contributed by atoms with Gasteiger partial charge in [-0.1, -0.05) is 30.3 Å². The molecule has 0 bridgehead atoms. The van der Waals surface area contributed by atoms with Crippen molar-refractivity contribution in [1.29, 1.82) is 0 Å². The molecule has 0 fully saturated rings. The van der Waals surface area contributed by atoms with Gasteiger partial charge in [-0.3, -0.25) is 9.59 Å². The van der Waals surface area contributed by atoms with Crippen molar-refractivity contribution in [3.05, 3.63) is 83.9 Å². The van der Waals surface area contributed by atoms with Gasteiger partial charge in [-0.15, -0.1) is 0 Å². The Labute approximate surface area is 196 Å². The number of benzene rings is 2. The summed E-state index contributed by atoms with van der Waals surface area (Å²) < 4.78 is 21.1. The van der Waals surface area contributed by atoms with Crippen molar-refractivity contribution < 1.29 is 23.5 Å². The van der Waals surface area contributed by atoms with E-state index in [0.717, 1.165) is 4.68 Å². The summed E-state index contributed by atoms with van der Waals surface area (Å²) in [5.74, 6) is -3.07. The molecule has 0 saturated carbocycles. The largest absolute Gasteiger partial charge is 0.444 e. The molecular formula is C25H25FN4O4. The third-order valence-electron chi connectivity index (χ3n) is 5.63. The second kappa shape index (κ2) is 8.40. The maximum atomic E-state index is 14.5. The standard InChI is InChI=1S/C25H25FN4O4/c1-24(2,3)34-23(33)28-25(18-15-17(26)11-12-19(18)29(4)22(25)32)20(16-9-6-5-7-10-16)21(31)30-14-8-13-27-30/h5-15,20H,1-4H3,(H,28,33)/t20-,25+/m1/s1. The lowest BCUT2D eigenvalue weighted by molar-refractivity contribution is -0.124. The van der Waals surface area contributed by atoms with Crippen LogP contribution in [0, 0.1) is 5.82 Å². The molecule has 1 aliphatic rings. The normalized spacial score (nSPS) is 18.4. The molecule has 2 atom stereocenters. The highest BCUT2D eigenvalue weighted by Crippen LogP contribution is 2.48. The summed E-state index contributed by atoms with van der Waals surface area (Å²) >= 11 is 0. The maximum absolute atomic E-state index is 14.5. The third-order valence-corrected chi connectivity index (χ3v) is 5.63. The van der Waals surface area contributed by atoms with Gasteiger partial charge < -0.3 is 15.0 Å². The highest BCUT2D eigenvalue weighted by atomic mass is 19.1. The number of carbonyl (C=O) groups is 3. The molecular weight excluding hydrogens is 439 g/mol. The van der Waals surface area contributed by atoms with E-state index < -0.39 is 40.8 Å². The van der Waals surface area contributed by atoms with Gasteiger partial charge >= 0.3 is 6.09 Å². The molecule has 0 saturated heterocycles. The van der Waals surface area contributed by atoms with E-state index in [1.165, 1.54) is 42.5 Å². The third kappa shape index (κ3) is 3.93. The summed E-state index contributed by atoms with van der Waals surface area (Å²) in [4.78, 5) is 42.2. The van der Waals surface area contributed by atoms with Crippen molar-refractivity contribution in [2.45, 2.75) is 37.8 Å². The summed E-state index contributed by atoms with van der Waals surface area (Å²) in [5.41, 5.74) is -1.90. The summed E-state index contributed by atoms with van der Waals surface area (Å²) in [7, 11) is 1.51. The molecule has 3 aromatic rings. The number of nitrogens with one attached hydrogen (secondary N) is 1. The minimum Gasteiger partial charge on any atom is -0.444 e. The minimum absolute atomic E-state index is 0.153. The Morgan fingerprint density at radius 1 is 1.12 bits per heavy atom. The zero-order valence-electron chi connectivity index (χ0n) is 19.3. The fourth-order valence-electron chi connectivity index (χ4n) is 4.30. The van der Waals surface area contributed by atoms with E-state index >= 15 is 0 Å². The van der Waals surface area contributed by atoms with Crippen molar-refractivity contribution in [2.75, 3.05) is 11.9 Å². The first kappa shape index (κ1) is 23.2. The molecule has 2 amide bonds. The zero-order valence-corrected chi connectivity index (χ0v) is 19.3. The molecule has 0 radical (unpaired) electrons. The van der Waals surface area contributed by atoms with E-state index in [4.69, 9.17) is 4.74 Å². The fourth-order valence-corrected chi connectivity index (χ4v) is 4.30. The molecule has 34 heavy (non-hydrogen) atoms. The number of aromatic nitrogens is 2. The van der Waals surface area contributed by atoms with Crippen LogP contribution in [0.2, 0.25) is 0 Å². The Bertz CT molecular complexity index is 1240. The van der Waals surface area contributed by atoms with Gasteiger partial charge in [0.2, 0.25) is 0 Å². The molecule has 1 aromatic heterocycles. The lowest BCUT2D eigenvalue weighted by Gasteiger charge is -2.36. The van der Waals surface area contributed by atoms with Gasteiger partial charge in [0.15, 0.2) is 5.54 Å². The van der Waals surface area contributed by atoms with Crippen LogP contribution >= 0.6 is 0 Å². The number of nitrogens with zero attached hydrogens (tertiary/aromatic N) is 3. The number of fused-ring (bicyclic) bond motifs is 1. The first-order valence-electron chi connectivity index (χ1n) is 10.7. The average Bonchev–Trinajstić information content (AvgIpc) is 3.37. The quantitative estimate of drug-likeness (QED) is 0.633. The Morgan fingerprint density at radius 3 is 2.44 bits per heavy atom. The maximum Gasteiger partial charge on any atom is 0.408 e. The zero-order chi connectivity index (χ0) is 24.7. The number of hydrogen-bond donors (Lipinski definition) is 1. The van der Waals surface area contributed by atoms with Crippen LogP contribution in [0.1, 0.15) is 42.6 Å². The number of halogens is 1. The number of anilines is 1. The number of likely N-dealkylation sites (N-methyl/N-ethyl adjacent to an activating group) is 1. The van der Waals surface area contributed by atoms with E-state index in [2.05, 4.69) is 10.4 Å². The Balaban J connectivity index is 2.00. The van der Waals surface area contributed by atoms with Gasteiger partial charge in [0.05, 0.1) is 0 Å². The SMILES string of the molecule is CN1C(=O)[C@@](NC(=O)OC(C)(C)C)([C@@H](C(=O)n2cccn2)c2ccccc2)c2cc(F)ccc21. The molecule has 0 spiro atoms. The van der Waals surface area contributed by atoms with Crippen LogP contribution in [0.15, 0.2) is 67.0 Å². The van der Waals surface area contributed by atoms with E-state index in [0.29, 0.717) is 11.3 Å². The Morgan fingerprint density at radius 2 is 1.82 bits per heavy atom. The Kier molecular flexibility index (Phi) is 5.72. The van der Waals surface area contributed by atoms with Crippen LogP contribution < -0.4 is 10.2 Å². The number of amides is 2. The van der Waals surface area contributed by atoms with E-state index in [1.54, 1.807) is 57.2 Å². The number of hydrogen-bond acceptors (Lipinski definition) is 5. The van der Waals surface area contributed by atoms with E-state index in [1.807, 2.05) is 0 Å². The summed E-state index contributed by atoms with van der Waals surface area (Å²) in [6.45, 7) is 5.04. The monoisotopic (exact) mass is 464 g/mol. The van der Waals surface area contributed by atoms with Crippen LogP contribution in [-0.2, 0) is 15.1 Å². The molecule has 9 heteroatoms. The van der Waals surface area contributed by atoms with Crippen molar-refractivity contribution in [3.63, 3.8) is 0 Å². The fraction of sp³-hybridized carbons (Fsp3) is 0.280. The first-order chi connectivity index (χ1) is 16.0. The summed E-state index contributed by atoms with van der Waals surface area (Å²) in [6, 6.07) is 14.0. The van der Waals surface area contributed by atoms with Gasteiger partial charge in [0.1, 0.15) is 17.3 Å². The van der Waals surface area contributed by atoms with Crippen LogP contribution in [0.4, 0.5) is 14.9 Å². The second-order valence-corrected chi connectivity index (χ2v) is 9.09. The minimum atomic E-state index is -1.99. The smallest absolute Gasteiger partial charge is 0.408 e. The number of ether oxygens (including phenoxy) is 1. The Hall–Kier alpha value is -4.01. The average molecular weight is 464 g/mol. The number of carbonyl (C=O) groups excluding carboxylic acids is 3. The highest BCUT2D eigenvalue weighted by molar-refractivity contribution is 6.12. The van der Waals surface area contributed by atoms with Crippen LogP contribution in [0.5, 0.6) is 0 Å². The predicted octanol–water partition coefficient (Wildman–Crippen LogP) is 3.84. The molecule has 1 aliphatic heterocycles. The van der Waals surface area contributed by atoms with Gasteiger partial charge in [-0.2, -0.15) is 5.10 Å². The molecule has 1 N–H and O–H groups in total. The molecule has 2 heterocycles. The lowest BCUT2D eigenvalue weighted by Crippen LogP contribution is -2.59. The van der Waals surface area contributed by atoms with Gasteiger partial charge in [-0.05, 0) is 50.6 Å². The van der Waals surface area contributed by atoms with Crippen LogP contribution in [-0.4, -0.2) is 40.3 Å².